The monoisotopic (exact) mass is 213 g/mol. The molecule has 0 aliphatic carbocycles. The summed E-state index contributed by atoms with van der Waals surface area (Å²) in [5.74, 6) is 0. The fraction of sp³-hybridized carbons (Fsp3) is 0.308. The van der Waals surface area contributed by atoms with E-state index in [1.807, 2.05) is 6.20 Å². The van der Waals surface area contributed by atoms with Crippen LogP contribution in [0.4, 0.5) is 0 Å². The summed E-state index contributed by atoms with van der Waals surface area (Å²) in [5, 5.41) is 4.56. The van der Waals surface area contributed by atoms with Gasteiger partial charge in [0.1, 0.15) is 5.65 Å². The van der Waals surface area contributed by atoms with Crippen LogP contribution in [0.15, 0.2) is 24.4 Å². The van der Waals surface area contributed by atoms with E-state index in [1.54, 1.807) is 0 Å². The van der Waals surface area contributed by atoms with Crippen LogP contribution in [0.1, 0.15) is 17.7 Å². The summed E-state index contributed by atoms with van der Waals surface area (Å²) in [6, 6.07) is 4.27. The number of nitrogens with zero attached hydrogens (tertiary/aromatic N) is 1. The normalized spacial score (nSPS) is 16.4. The average Bonchev–Trinajstić information content (AvgIpc) is 2.76. The van der Waals surface area contributed by atoms with Gasteiger partial charge in [0.25, 0.3) is 0 Å². The van der Waals surface area contributed by atoms with Gasteiger partial charge in [-0.1, -0.05) is 6.08 Å². The van der Waals surface area contributed by atoms with Crippen LogP contribution in [0.5, 0.6) is 0 Å². The highest BCUT2D eigenvalue weighted by Gasteiger charge is 2.09. The summed E-state index contributed by atoms with van der Waals surface area (Å²) in [5.41, 5.74) is 4.89. The zero-order chi connectivity index (χ0) is 11.0. The second-order valence-corrected chi connectivity index (χ2v) is 4.26. The third-order valence-electron chi connectivity index (χ3n) is 3.16. The van der Waals surface area contributed by atoms with Gasteiger partial charge >= 0.3 is 0 Å². The maximum Gasteiger partial charge on any atom is 0.137 e. The summed E-state index contributed by atoms with van der Waals surface area (Å²) in [6.07, 6.45) is 5.20. The van der Waals surface area contributed by atoms with Gasteiger partial charge in [0, 0.05) is 23.8 Å². The molecular formula is C13H15N3. The molecule has 0 spiro atoms. The number of aromatic nitrogens is 2. The van der Waals surface area contributed by atoms with Crippen molar-refractivity contribution in [2.24, 2.45) is 0 Å². The fourth-order valence-corrected chi connectivity index (χ4v) is 2.20. The summed E-state index contributed by atoms with van der Waals surface area (Å²) in [6.45, 7) is 4.16. The van der Waals surface area contributed by atoms with Crippen molar-refractivity contribution in [3.63, 3.8) is 0 Å². The average molecular weight is 213 g/mol. The Morgan fingerprint density at radius 3 is 3.06 bits per heavy atom. The molecule has 0 saturated heterocycles. The summed E-state index contributed by atoms with van der Waals surface area (Å²) in [7, 11) is 0. The molecule has 3 heterocycles. The van der Waals surface area contributed by atoms with Crippen molar-refractivity contribution in [2.75, 3.05) is 13.1 Å². The second kappa shape index (κ2) is 3.76. The van der Waals surface area contributed by atoms with Crippen molar-refractivity contribution in [3.05, 3.63) is 35.7 Å². The highest BCUT2D eigenvalue weighted by Crippen LogP contribution is 2.24. The van der Waals surface area contributed by atoms with Crippen LogP contribution in [-0.4, -0.2) is 23.1 Å². The number of hydrogen-bond acceptors (Lipinski definition) is 2. The van der Waals surface area contributed by atoms with E-state index in [-0.39, 0.29) is 0 Å². The number of H-pyrrole nitrogens is 1. The molecule has 82 valence electrons. The number of rotatable bonds is 1. The molecule has 3 rings (SSSR count). The molecule has 0 aromatic carbocycles. The topological polar surface area (TPSA) is 40.7 Å². The fourth-order valence-electron chi connectivity index (χ4n) is 2.20. The Hall–Kier alpha value is -1.61. The van der Waals surface area contributed by atoms with Crippen molar-refractivity contribution >= 4 is 16.6 Å². The Balaban J connectivity index is 2.11. The Morgan fingerprint density at radius 2 is 2.31 bits per heavy atom. The lowest BCUT2D eigenvalue weighted by molar-refractivity contribution is 0.737. The highest BCUT2D eigenvalue weighted by molar-refractivity contribution is 5.84. The van der Waals surface area contributed by atoms with Crippen LogP contribution in [-0.2, 0) is 0 Å². The van der Waals surface area contributed by atoms with Gasteiger partial charge in [-0.25, -0.2) is 4.98 Å². The van der Waals surface area contributed by atoms with E-state index < -0.39 is 0 Å². The molecule has 0 bridgehead atoms. The first kappa shape index (κ1) is 9.60. The van der Waals surface area contributed by atoms with Gasteiger partial charge in [-0.05, 0) is 43.2 Å². The van der Waals surface area contributed by atoms with E-state index >= 15 is 0 Å². The first-order valence-electron chi connectivity index (χ1n) is 5.69. The molecule has 2 N–H and O–H groups in total. The summed E-state index contributed by atoms with van der Waals surface area (Å²) < 4.78 is 0. The third kappa shape index (κ3) is 1.53. The molecule has 0 fully saturated rings. The van der Waals surface area contributed by atoms with Crippen LogP contribution < -0.4 is 5.32 Å². The van der Waals surface area contributed by atoms with Crippen molar-refractivity contribution in [1.82, 2.24) is 15.3 Å². The highest BCUT2D eigenvalue weighted by atomic mass is 14.9. The van der Waals surface area contributed by atoms with Gasteiger partial charge in [-0.15, -0.1) is 0 Å². The summed E-state index contributed by atoms with van der Waals surface area (Å²) in [4.78, 5) is 7.76. The minimum Gasteiger partial charge on any atom is -0.339 e. The molecule has 0 radical (unpaired) electrons. The molecule has 2 aromatic rings. The minimum atomic E-state index is 0.969. The maximum absolute atomic E-state index is 4.36. The van der Waals surface area contributed by atoms with E-state index in [0.29, 0.717) is 0 Å². The second-order valence-electron chi connectivity index (χ2n) is 4.26. The lowest BCUT2D eigenvalue weighted by Gasteiger charge is -2.12. The summed E-state index contributed by atoms with van der Waals surface area (Å²) >= 11 is 0. The van der Waals surface area contributed by atoms with E-state index in [1.165, 1.54) is 22.2 Å². The first-order chi connectivity index (χ1) is 7.84. The Labute approximate surface area is 94.6 Å². The van der Waals surface area contributed by atoms with Crippen LogP contribution in [0.25, 0.3) is 16.6 Å². The van der Waals surface area contributed by atoms with Gasteiger partial charge in [-0.2, -0.15) is 0 Å². The maximum atomic E-state index is 4.36. The van der Waals surface area contributed by atoms with Gasteiger partial charge in [0.05, 0.1) is 0 Å². The lowest BCUT2D eigenvalue weighted by atomic mass is 10.1. The quantitative estimate of drug-likeness (QED) is 0.762. The smallest absolute Gasteiger partial charge is 0.137 e. The van der Waals surface area contributed by atoms with Crippen LogP contribution in [0.3, 0.4) is 0 Å². The van der Waals surface area contributed by atoms with E-state index in [4.69, 9.17) is 0 Å². The van der Waals surface area contributed by atoms with Crippen LogP contribution >= 0.6 is 0 Å². The zero-order valence-corrected chi connectivity index (χ0v) is 9.38. The Morgan fingerprint density at radius 1 is 1.38 bits per heavy atom. The number of aryl methyl sites for hydroxylation is 1. The molecule has 1 aliphatic rings. The Kier molecular flexibility index (Phi) is 2.26. The van der Waals surface area contributed by atoms with Gasteiger partial charge in [0.15, 0.2) is 0 Å². The van der Waals surface area contributed by atoms with Crippen LogP contribution in [0.2, 0.25) is 0 Å². The molecule has 0 unspecified atom stereocenters. The molecule has 16 heavy (non-hydrogen) atoms. The lowest BCUT2D eigenvalue weighted by Crippen LogP contribution is -2.20. The number of hydrogen-bond donors (Lipinski definition) is 2. The van der Waals surface area contributed by atoms with E-state index in [9.17, 15) is 0 Å². The van der Waals surface area contributed by atoms with Crippen molar-refractivity contribution in [1.29, 1.82) is 0 Å². The predicted octanol–water partition coefficient (Wildman–Crippen LogP) is 2.25. The molecular weight excluding hydrogens is 198 g/mol. The SMILES string of the molecule is Cc1ccnc2[nH]c(C3=CCNCC3)cc12. The standard InChI is InChI=1S/C13H15N3/c1-9-2-7-15-13-11(9)8-12(16-13)10-3-5-14-6-4-10/h2-3,7-8,14H,4-6H2,1H3,(H,15,16). The predicted molar refractivity (Wildman–Crippen MR) is 66.3 cm³/mol. The van der Waals surface area contributed by atoms with E-state index in [0.717, 1.165) is 25.2 Å². The molecule has 1 aliphatic heterocycles. The van der Waals surface area contributed by atoms with Crippen molar-refractivity contribution < 1.29 is 0 Å². The van der Waals surface area contributed by atoms with Gasteiger partial charge < -0.3 is 10.3 Å². The Bertz CT molecular complexity index is 551. The minimum absolute atomic E-state index is 0.969. The van der Waals surface area contributed by atoms with E-state index in [2.05, 4.69) is 40.4 Å². The zero-order valence-electron chi connectivity index (χ0n) is 9.38. The molecule has 3 nitrogen and oxygen atoms in total. The molecule has 3 heteroatoms. The number of nitrogens with one attached hydrogen (secondary N) is 2. The van der Waals surface area contributed by atoms with Crippen LogP contribution in [0, 0.1) is 6.92 Å². The molecule has 0 amide bonds. The van der Waals surface area contributed by atoms with Crippen molar-refractivity contribution in [2.45, 2.75) is 13.3 Å². The molecule has 2 aromatic heterocycles. The first-order valence-corrected chi connectivity index (χ1v) is 5.69. The van der Waals surface area contributed by atoms with Crippen molar-refractivity contribution in [3.8, 4) is 0 Å². The largest absolute Gasteiger partial charge is 0.339 e. The van der Waals surface area contributed by atoms with Gasteiger partial charge in [0.2, 0.25) is 0 Å². The molecule has 0 atom stereocenters. The van der Waals surface area contributed by atoms with Gasteiger partial charge in [-0.3, -0.25) is 0 Å². The third-order valence-corrected chi connectivity index (χ3v) is 3.16. The number of fused-ring (bicyclic) bond motifs is 1. The number of aromatic amines is 1. The molecule has 0 saturated carbocycles. The number of pyridine rings is 1.